The van der Waals surface area contributed by atoms with Crippen LogP contribution in [0.1, 0.15) is 10.5 Å². The van der Waals surface area contributed by atoms with E-state index < -0.39 is 0 Å². The van der Waals surface area contributed by atoms with Gasteiger partial charge in [0.15, 0.2) is 5.69 Å². The first kappa shape index (κ1) is 15.9. The van der Waals surface area contributed by atoms with Crippen molar-refractivity contribution >= 4 is 27.7 Å². The Balaban J connectivity index is 1.50. The Morgan fingerprint density at radius 3 is 2.65 bits per heavy atom. The number of carbonyl (C=O) groups is 1. The van der Waals surface area contributed by atoms with Crippen LogP contribution in [-0.2, 0) is 13.6 Å². The average molecular weight is 348 g/mol. The van der Waals surface area contributed by atoms with Gasteiger partial charge in [0, 0.05) is 19.0 Å². The number of hydrogen-bond acceptors (Lipinski definition) is 5. The molecule has 0 aliphatic carbocycles. The molecule has 0 radical (unpaired) electrons. The summed E-state index contributed by atoms with van der Waals surface area (Å²) in [5.74, 6) is -0.288. The monoisotopic (exact) mass is 348 g/mol. The highest BCUT2D eigenvalue weighted by Gasteiger charge is 2.15. The fourth-order valence-electron chi connectivity index (χ4n) is 2.91. The quantitative estimate of drug-likeness (QED) is 0.596. The highest BCUT2D eigenvalue weighted by Crippen LogP contribution is 2.17. The summed E-state index contributed by atoms with van der Waals surface area (Å²) in [4.78, 5) is 24.8. The number of fused-ring (bicyclic) bond motifs is 2. The SMILES string of the molecule is Cn1nc(C(=O)NCCn2nnc3ccccc3c2=O)c2ccccc21. The molecule has 0 atom stereocenters. The number of carbonyl (C=O) groups excluding carboxylic acids is 1. The molecule has 8 heteroatoms. The molecule has 1 N–H and O–H groups in total. The highest BCUT2D eigenvalue weighted by molar-refractivity contribution is 6.04. The van der Waals surface area contributed by atoms with E-state index in [1.165, 1.54) is 4.68 Å². The van der Waals surface area contributed by atoms with Crippen LogP contribution in [0.3, 0.4) is 0 Å². The van der Waals surface area contributed by atoms with Gasteiger partial charge in [-0.1, -0.05) is 35.5 Å². The van der Waals surface area contributed by atoms with E-state index in [9.17, 15) is 9.59 Å². The van der Waals surface area contributed by atoms with Gasteiger partial charge >= 0.3 is 0 Å². The molecule has 0 aliphatic heterocycles. The number of rotatable bonds is 4. The Hall–Kier alpha value is -3.55. The van der Waals surface area contributed by atoms with E-state index in [0.29, 0.717) is 16.6 Å². The summed E-state index contributed by atoms with van der Waals surface area (Å²) in [5, 5.41) is 16.3. The van der Waals surface area contributed by atoms with Gasteiger partial charge in [0.1, 0.15) is 5.52 Å². The summed E-state index contributed by atoms with van der Waals surface area (Å²) >= 11 is 0. The van der Waals surface area contributed by atoms with E-state index in [-0.39, 0.29) is 24.6 Å². The normalized spacial score (nSPS) is 11.1. The standard InChI is InChI=1S/C18H16N6O2/c1-23-15-9-5-3-7-13(15)16(21-23)17(25)19-10-11-24-18(26)12-6-2-4-8-14(12)20-22-24/h2-9H,10-11H2,1H3,(H,19,25). The first-order valence-electron chi connectivity index (χ1n) is 8.17. The lowest BCUT2D eigenvalue weighted by Gasteiger charge is -2.06. The number of hydrogen-bond donors (Lipinski definition) is 1. The first-order chi connectivity index (χ1) is 12.6. The minimum absolute atomic E-state index is 0.229. The van der Waals surface area contributed by atoms with Gasteiger partial charge in [-0.05, 0) is 18.2 Å². The van der Waals surface area contributed by atoms with Crippen LogP contribution >= 0.6 is 0 Å². The third-order valence-corrected chi connectivity index (χ3v) is 4.21. The van der Waals surface area contributed by atoms with Crippen LogP contribution in [-0.4, -0.2) is 37.2 Å². The van der Waals surface area contributed by atoms with Crippen LogP contribution in [0.4, 0.5) is 0 Å². The van der Waals surface area contributed by atoms with Crippen molar-refractivity contribution in [2.75, 3.05) is 6.54 Å². The van der Waals surface area contributed by atoms with Gasteiger partial charge in [-0.25, -0.2) is 4.68 Å². The number of amides is 1. The molecule has 0 fully saturated rings. The van der Waals surface area contributed by atoms with Crippen LogP contribution in [0.25, 0.3) is 21.8 Å². The van der Waals surface area contributed by atoms with E-state index >= 15 is 0 Å². The summed E-state index contributed by atoms with van der Waals surface area (Å²) in [6, 6.07) is 14.6. The summed E-state index contributed by atoms with van der Waals surface area (Å²) in [6.07, 6.45) is 0. The molecular weight excluding hydrogens is 332 g/mol. The van der Waals surface area contributed by atoms with Crippen molar-refractivity contribution in [2.24, 2.45) is 7.05 Å². The Kier molecular flexibility index (Phi) is 3.92. The number of nitrogens with zero attached hydrogens (tertiary/aromatic N) is 5. The van der Waals surface area contributed by atoms with E-state index in [1.807, 2.05) is 24.3 Å². The number of nitrogens with one attached hydrogen (secondary N) is 1. The highest BCUT2D eigenvalue weighted by atomic mass is 16.2. The molecule has 1 amide bonds. The van der Waals surface area contributed by atoms with Gasteiger partial charge in [0.05, 0.1) is 17.4 Å². The van der Waals surface area contributed by atoms with E-state index in [1.54, 1.807) is 36.0 Å². The minimum atomic E-state index is -0.288. The molecule has 4 aromatic rings. The molecule has 2 aromatic carbocycles. The molecule has 4 rings (SSSR count). The molecule has 0 unspecified atom stereocenters. The smallest absolute Gasteiger partial charge is 0.277 e. The van der Waals surface area contributed by atoms with Crippen LogP contribution in [0.2, 0.25) is 0 Å². The van der Waals surface area contributed by atoms with Gasteiger partial charge < -0.3 is 5.32 Å². The summed E-state index contributed by atoms with van der Waals surface area (Å²) in [6.45, 7) is 0.476. The van der Waals surface area contributed by atoms with Crippen LogP contribution in [0.5, 0.6) is 0 Å². The fourth-order valence-corrected chi connectivity index (χ4v) is 2.91. The lowest BCUT2D eigenvalue weighted by atomic mass is 10.2. The van der Waals surface area contributed by atoms with Crippen LogP contribution < -0.4 is 10.9 Å². The number of aryl methyl sites for hydroxylation is 1. The molecule has 0 saturated heterocycles. The third-order valence-electron chi connectivity index (χ3n) is 4.21. The maximum Gasteiger partial charge on any atom is 0.277 e. The Morgan fingerprint density at radius 2 is 1.81 bits per heavy atom. The van der Waals surface area contributed by atoms with Crippen molar-refractivity contribution in [3.05, 3.63) is 64.6 Å². The summed E-state index contributed by atoms with van der Waals surface area (Å²) in [7, 11) is 1.79. The fraction of sp³-hybridized carbons (Fsp3) is 0.167. The van der Waals surface area contributed by atoms with Crippen molar-refractivity contribution < 1.29 is 4.79 Å². The maximum atomic E-state index is 12.4. The molecule has 0 aliphatic rings. The second-order valence-electron chi connectivity index (χ2n) is 5.88. The Bertz CT molecular complexity index is 1180. The number of aromatic nitrogens is 5. The van der Waals surface area contributed by atoms with Gasteiger partial charge in [0.2, 0.25) is 0 Å². The minimum Gasteiger partial charge on any atom is -0.349 e. The lowest BCUT2D eigenvalue weighted by Crippen LogP contribution is -2.32. The molecular formula is C18H16N6O2. The Labute approximate surface area is 148 Å². The molecule has 26 heavy (non-hydrogen) atoms. The largest absolute Gasteiger partial charge is 0.349 e. The van der Waals surface area contributed by atoms with Gasteiger partial charge in [-0.3, -0.25) is 14.3 Å². The zero-order valence-corrected chi connectivity index (χ0v) is 14.1. The van der Waals surface area contributed by atoms with E-state index in [2.05, 4.69) is 20.7 Å². The van der Waals surface area contributed by atoms with Crippen molar-refractivity contribution in [2.45, 2.75) is 6.54 Å². The van der Waals surface area contributed by atoms with Crippen LogP contribution in [0, 0.1) is 0 Å². The van der Waals surface area contributed by atoms with Gasteiger partial charge in [-0.2, -0.15) is 5.10 Å². The summed E-state index contributed by atoms with van der Waals surface area (Å²) < 4.78 is 2.92. The Morgan fingerprint density at radius 1 is 1.08 bits per heavy atom. The number of para-hydroxylation sites is 1. The van der Waals surface area contributed by atoms with Crippen molar-refractivity contribution in [1.29, 1.82) is 0 Å². The molecule has 8 nitrogen and oxygen atoms in total. The lowest BCUT2D eigenvalue weighted by molar-refractivity contribution is 0.0947. The molecule has 0 bridgehead atoms. The number of benzene rings is 2. The topological polar surface area (TPSA) is 94.7 Å². The maximum absolute atomic E-state index is 12.4. The van der Waals surface area contributed by atoms with Crippen molar-refractivity contribution in [3.8, 4) is 0 Å². The second-order valence-corrected chi connectivity index (χ2v) is 5.88. The molecule has 0 spiro atoms. The predicted octanol–water partition coefficient (Wildman–Crippen LogP) is 1.11. The predicted molar refractivity (Wildman–Crippen MR) is 96.8 cm³/mol. The van der Waals surface area contributed by atoms with Gasteiger partial charge in [-0.15, -0.1) is 5.10 Å². The first-order valence-corrected chi connectivity index (χ1v) is 8.17. The average Bonchev–Trinajstić information content (AvgIpc) is 3.01. The molecule has 2 heterocycles. The summed E-state index contributed by atoms with van der Waals surface area (Å²) in [5.41, 5.74) is 1.57. The zero-order chi connectivity index (χ0) is 18.1. The second kappa shape index (κ2) is 6.40. The van der Waals surface area contributed by atoms with E-state index in [4.69, 9.17) is 0 Å². The van der Waals surface area contributed by atoms with Crippen molar-refractivity contribution in [3.63, 3.8) is 0 Å². The molecule has 2 aromatic heterocycles. The van der Waals surface area contributed by atoms with Crippen LogP contribution in [0.15, 0.2) is 53.3 Å². The molecule has 0 saturated carbocycles. The third kappa shape index (κ3) is 2.71. The molecule has 130 valence electrons. The van der Waals surface area contributed by atoms with Crippen molar-refractivity contribution in [1.82, 2.24) is 30.1 Å². The zero-order valence-electron chi connectivity index (χ0n) is 14.1. The van der Waals surface area contributed by atoms with E-state index in [0.717, 1.165) is 10.9 Å². The van der Waals surface area contributed by atoms with Gasteiger partial charge in [0.25, 0.3) is 11.5 Å².